The molecule has 0 aliphatic rings. The molecule has 3 rings (SSSR count). The number of aliphatic hydroxyl groups is 1. The zero-order valence-corrected chi connectivity index (χ0v) is 20.0. The van der Waals surface area contributed by atoms with Crippen molar-refractivity contribution < 1.29 is 38.4 Å². The molecule has 3 aromatic rings. The largest absolute Gasteiger partial charge is 0.459 e. The lowest BCUT2D eigenvalue weighted by Crippen LogP contribution is -2.53. The maximum atomic E-state index is 12.9. The molecule has 0 aliphatic carbocycles. The van der Waals surface area contributed by atoms with Crippen LogP contribution in [0.2, 0.25) is 0 Å². The standard InChI is InChI=1S/C28H28O8/c1-28(2,36-27(32)22-16-10-5-11-17-22)24(35-26(31)21-14-8-4-9-15-21)23(34-19-29)18-33-25(30)20-12-6-3-7-13-20/h3-17,23-24,29H,18-19H2,1-2H3/t23-,24?/m1/s1. The fourth-order valence-corrected chi connectivity index (χ4v) is 3.49. The summed E-state index contributed by atoms with van der Waals surface area (Å²) >= 11 is 0. The van der Waals surface area contributed by atoms with Crippen LogP contribution < -0.4 is 0 Å². The van der Waals surface area contributed by atoms with E-state index in [4.69, 9.17) is 18.9 Å². The average Bonchev–Trinajstić information content (AvgIpc) is 2.90. The summed E-state index contributed by atoms with van der Waals surface area (Å²) in [5.41, 5.74) is -0.575. The molecule has 0 heterocycles. The highest BCUT2D eigenvalue weighted by atomic mass is 16.6. The van der Waals surface area contributed by atoms with Crippen molar-refractivity contribution >= 4 is 17.9 Å². The number of rotatable bonds is 11. The van der Waals surface area contributed by atoms with Gasteiger partial charge in [0.25, 0.3) is 0 Å². The van der Waals surface area contributed by atoms with Crippen LogP contribution in [0.25, 0.3) is 0 Å². The van der Waals surface area contributed by atoms with Crippen molar-refractivity contribution in [1.82, 2.24) is 0 Å². The van der Waals surface area contributed by atoms with Gasteiger partial charge in [-0.25, -0.2) is 14.4 Å². The Morgan fingerprint density at radius 2 is 1.17 bits per heavy atom. The molecule has 2 atom stereocenters. The number of carbonyl (C=O) groups excluding carboxylic acids is 3. The minimum absolute atomic E-state index is 0.261. The van der Waals surface area contributed by atoms with E-state index >= 15 is 0 Å². The van der Waals surface area contributed by atoms with Crippen LogP contribution in [-0.2, 0) is 18.9 Å². The lowest BCUT2D eigenvalue weighted by Gasteiger charge is -2.37. The molecule has 8 heteroatoms. The first kappa shape index (κ1) is 26.6. The summed E-state index contributed by atoms with van der Waals surface area (Å²) in [4.78, 5) is 38.2. The van der Waals surface area contributed by atoms with Gasteiger partial charge >= 0.3 is 17.9 Å². The van der Waals surface area contributed by atoms with E-state index in [-0.39, 0.29) is 12.2 Å². The minimum atomic E-state index is -1.45. The molecule has 1 N–H and O–H groups in total. The van der Waals surface area contributed by atoms with E-state index in [0.29, 0.717) is 11.1 Å². The molecule has 0 amide bonds. The van der Waals surface area contributed by atoms with Gasteiger partial charge in [-0.1, -0.05) is 54.6 Å². The third-order valence-corrected chi connectivity index (χ3v) is 5.31. The predicted molar refractivity (Wildman–Crippen MR) is 130 cm³/mol. The van der Waals surface area contributed by atoms with E-state index in [2.05, 4.69) is 0 Å². The summed E-state index contributed by atoms with van der Waals surface area (Å²) in [7, 11) is 0. The summed E-state index contributed by atoms with van der Waals surface area (Å²) < 4.78 is 22.3. The second-order valence-corrected chi connectivity index (χ2v) is 8.35. The number of hydrogen-bond acceptors (Lipinski definition) is 8. The molecule has 0 radical (unpaired) electrons. The van der Waals surface area contributed by atoms with Crippen molar-refractivity contribution in [1.29, 1.82) is 0 Å². The van der Waals surface area contributed by atoms with Gasteiger partial charge < -0.3 is 24.1 Å². The molecule has 0 aromatic heterocycles. The molecule has 36 heavy (non-hydrogen) atoms. The smallest absolute Gasteiger partial charge is 0.338 e. The van der Waals surface area contributed by atoms with Gasteiger partial charge in [-0.15, -0.1) is 0 Å². The van der Waals surface area contributed by atoms with E-state index < -0.39 is 42.5 Å². The Kier molecular flexibility index (Phi) is 9.32. The van der Waals surface area contributed by atoms with E-state index in [1.807, 2.05) is 0 Å². The fraction of sp³-hybridized carbons (Fsp3) is 0.250. The molecular formula is C28H28O8. The Labute approximate surface area is 209 Å². The topological polar surface area (TPSA) is 108 Å². The maximum absolute atomic E-state index is 12.9. The van der Waals surface area contributed by atoms with Crippen LogP contribution in [0.1, 0.15) is 44.9 Å². The third kappa shape index (κ3) is 7.24. The Hall–Kier alpha value is -4.01. The number of benzene rings is 3. The first-order valence-electron chi connectivity index (χ1n) is 11.3. The SMILES string of the molecule is CC(C)(OC(=O)c1ccccc1)C(OC(=O)c1ccccc1)[C@@H](COC(=O)c1ccccc1)OCO. The lowest BCUT2D eigenvalue weighted by atomic mass is 9.95. The summed E-state index contributed by atoms with van der Waals surface area (Å²) in [6.45, 7) is 1.95. The Bertz CT molecular complexity index is 1130. The van der Waals surface area contributed by atoms with Gasteiger partial charge in [0.15, 0.2) is 6.10 Å². The summed E-state index contributed by atoms with van der Waals surface area (Å²) in [6.07, 6.45) is -2.41. The Morgan fingerprint density at radius 3 is 1.64 bits per heavy atom. The molecule has 8 nitrogen and oxygen atoms in total. The van der Waals surface area contributed by atoms with Crippen molar-refractivity contribution in [3.05, 3.63) is 108 Å². The molecule has 1 unspecified atom stereocenters. The van der Waals surface area contributed by atoms with E-state index in [9.17, 15) is 19.5 Å². The molecule has 0 saturated carbocycles. The van der Waals surface area contributed by atoms with Crippen LogP contribution in [0.3, 0.4) is 0 Å². The molecule has 0 spiro atoms. The zero-order valence-electron chi connectivity index (χ0n) is 20.0. The number of carbonyl (C=O) groups is 3. The van der Waals surface area contributed by atoms with Gasteiger partial charge in [0.05, 0.1) is 16.7 Å². The quantitative estimate of drug-likeness (QED) is 0.243. The van der Waals surface area contributed by atoms with Crippen LogP contribution >= 0.6 is 0 Å². The molecule has 0 saturated heterocycles. The summed E-state index contributed by atoms with van der Waals surface area (Å²) in [5, 5.41) is 9.53. The molecule has 3 aromatic carbocycles. The van der Waals surface area contributed by atoms with Crippen molar-refractivity contribution in [2.45, 2.75) is 31.7 Å². The number of aliphatic hydroxyl groups excluding tert-OH is 1. The van der Waals surface area contributed by atoms with Gasteiger partial charge in [0.2, 0.25) is 0 Å². The molecular weight excluding hydrogens is 464 g/mol. The first-order valence-corrected chi connectivity index (χ1v) is 11.3. The van der Waals surface area contributed by atoms with Crippen LogP contribution in [0.4, 0.5) is 0 Å². The Morgan fingerprint density at radius 1 is 0.722 bits per heavy atom. The van der Waals surface area contributed by atoms with Gasteiger partial charge in [-0.3, -0.25) is 0 Å². The zero-order chi connectivity index (χ0) is 26.0. The third-order valence-electron chi connectivity index (χ3n) is 5.31. The second-order valence-electron chi connectivity index (χ2n) is 8.35. The van der Waals surface area contributed by atoms with Crippen molar-refractivity contribution in [3.63, 3.8) is 0 Å². The van der Waals surface area contributed by atoms with Gasteiger partial charge in [-0.2, -0.15) is 0 Å². The second kappa shape index (κ2) is 12.6. The van der Waals surface area contributed by atoms with Crippen molar-refractivity contribution in [3.8, 4) is 0 Å². The van der Waals surface area contributed by atoms with E-state index in [1.54, 1.807) is 105 Å². The summed E-state index contributed by atoms with van der Waals surface area (Å²) in [6, 6.07) is 24.9. The fourth-order valence-electron chi connectivity index (χ4n) is 3.49. The predicted octanol–water partition coefficient (Wildman–Crippen LogP) is 4.04. The molecule has 0 bridgehead atoms. The van der Waals surface area contributed by atoms with Crippen LogP contribution in [0.15, 0.2) is 91.0 Å². The minimum Gasteiger partial charge on any atom is -0.459 e. The highest BCUT2D eigenvalue weighted by molar-refractivity contribution is 5.91. The Balaban J connectivity index is 1.85. The van der Waals surface area contributed by atoms with Crippen LogP contribution in [0, 0.1) is 0 Å². The van der Waals surface area contributed by atoms with Crippen LogP contribution in [0.5, 0.6) is 0 Å². The lowest BCUT2D eigenvalue weighted by molar-refractivity contribution is -0.169. The number of esters is 3. The molecule has 0 aliphatic heterocycles. The number of hydrogen-bond donors (Lipinski definition) is 1. The van der Waals surface area contributed by atoms with Gasteiger partial charge in [0.1, 0.15) is 25.1 Å². The van der Waals surface area contributed by atoms with Gasteiger partial charge in [0, 0.05) is 0 Å². The highest BCUT2D eigenvalue weighted by Gasteiger charge is 2.44. The van der Waals surface area contributed by atoms with Crippen LogP contribution in [-0.4, -0.2) is 54.2 Å². The molecule has 188 valence electrons. The maximum Gasteiger partial charge on any atom is 0.338 e. The average molecular weight is 493 g/mol. The normalized spacial score (nSPS) is 12.8. The highest BCUT2D eigenvalue weighted by Crippen LogP contribution is 2.26. The van der Waals surface area contributed by atoms with E-state index in [0.717, 1.165) is 0 Å². The molecule has 0 fully saturated rings. The monoisotopic (exact) mass is 492 g/mol. The van der Waals surface area contributed by atoms with Crippen molar-refractivity contribution in [2.24, 2.45) is 0 Å². The summed E-state index contributed by atoms with van der Waals surface area (Å²) in [5.74, 6) is -1.98. The first-order chi connectivity index (χ1) is 17.3. The van der Waals surface area contributed by atoms with E-state index in [1.165, 1.54) is 0 Å². The van der Waals surface area contributed by atoms with Crippen molar-refractivity contribution in [2.75, 3.05) is 13.4 Å². The van der Waals surface area contributed by atoms with Gasteiger partial charge in [-0.05, 0) is 50.2 Å². The number of ether oxygens (including phenoxy) is 4.